The van der Waals surface area contributed by atoms with Crippen LogP contribution in [0.3, 0.4) is 0 Å². The molecule has 1 aliphatic heterocycles. The molecule has 3 N–H and O–H groups in total. The van der Waals surface area contributed by atoms with Crippen molar-refractivity contribution in [1.82, 2.24) is 15.1 Å². The van der Waals surface area contributed by atoms with Gasteiger partial charge < -0.3 is 20.7 Å². The van der Waals surface area contributed by atoms with Crippen LogP contribution in [-0.2, 0) is 11.3 Å². The molecule has 1 heterocycles. The van der Waals surface area contributed by atoms with Gasteiger partial charge in [0.2, 0.25) is 0 Å². The molecule has 1 amide bonds. The molecule has 0 spiro atoms. The van der Waals surface area contributed by atoms with Crippen molar-refractivity contribution in [3.8, 4) is 5.75 Å². The zero-order valence-electron chi connectivity index (χ0n) is 16.5. The van der Waals surface area contributed by atoms with Crippen LogP contribution >= 0.6 is 24.0 Å². The number of hydrogen-bond donors (Lipinski definition) is 2. The number of carbonyl (C=O) groups is 1. The molecule has 1 saturated heterocycles. The highest BCUT2D eigenvalue weighted by Gasteiger charge is 2.22. The van der Waals surface area contributed by atoms with Gasteiger partial charge in [0.25, 0.3) is 5.91 Å². The highest BCUT2D eigenvalue weighted by Crippen LogP contribution is 2.16. The maximum Gasteiger partial charge on any atom is 0.259 e. The zero-order valence-corrected chi connectivity index (χ0v) is 18.8. The number of nitrogens with two attached hydrogens (primary N) is 1. The van der Waals surface area contributed by atoms with E-state index in [9.17, 15) is 4.79 Å². The fourth-order valence-electron chi connectivity index (χ4n) is 3.01. The summed E-state index contributed by atoms with van der Waals surface area (Å²) < 4.78 is 5.52. The van der Waals surface area contributed by atoms with Gasteiger partial charge in [-0.15, -0.1) is 24.0 Å². The van der Waals surface area contributed by atoms with Gasteiger partial charge in [-0.05, 0) is 43.6 Å². The first-order valence-corrected chi connectivity index (χ1v) is 9.19. The van der Waals surface area contributed by atoms with Crippen molar-refractivity contribution in [2.45, 2.75) is 32.4 Å². The van der Waals surface area contributed by atoms with E-state index in [2.05, 4.69) is 22.1 Å². The molecule has 8 heteroatoms. The van der Waals surface area contributed by atoms with Gasteiger partial charge in [-0.1, -0.05) is 19.1 Å². The molecule has 1 aromatic carbocycles. The van der Waals surface area contributed by atoms with Gasteiger partial charge in [0.05, 0.1) is 6.54 Å². The summed E-state index contributed by atoms with van der Waals surface area (Å²) in [6.45, 7) is 5.77. The molecule has 1 aromatic rings. The molecule has 1 unspecified atom stereocenters. The molecule has 0 radical (unpaired) electrons. The number of nitrogens with zero attached hydrogens (tertiary/aromatic N) is 3. The average Bonchev–Trinajstić information content (AvgIpc) is 3.10. The number of likely N-dealkylation sites (tertiary alicyclic amines) is 1. The number of carbonyl (C=O) groups excluding carboxylic acids is 1. The van der Waals surface area contributed by atoms with Gasteiger partial charge in [0, 0.05) is 26.7 Å². The number of hydrogen-bond acceptors (Lipinski definition) is 4. The molecular weight excluding hydrogens is 457 g/mol. The second-order valence-corrected chi connectivity index (χ2v) is 6.73. The SMILES string of the molecule is CCN1CCCC1CNC(N)=NCc1cccc(OCC(=O)N(C)C)c1.I. The van der Waals surface area contributed by atoms with Crippen molar-refractivity contribution < 1.29 is 9.53 Å². The molecule has 1 aliphatic rings. The number of likely N-dealkylation sites (N-methyl/N-ethyl adjacent to an activating group) is 2. The van der Waals surface area contributed by atoms with Gasteiger partial charge in [-0.3, -0.25) is 9.69 Å². The molecule has 0 saturated carbocycles. The average molecular weight is 489 g/mol. The van der Waals surface area contributed by atoms with Crippen LogP contribution in [0.5, 0.6) is 5.75 Å². The maximum absolute atomic E-state index is 11.6. The minimum absolute atomic E-state index is 0. The van der Waals surface area contributed by atoms with Crippen LogP contribution in [0, 0.1) is 0 Å². The van der Waals surface area contributed by atoms with Crippen LogP contribution in [0.25, 0.3) is 0 Å². The number of benzene rings is 1. The first-order chi connectivity index (χ1) is 12.5. The van der Waals surface area contributed by atoms with E-state index in [4.69, 9.17) is 10.5 Å². The molecule has 0 aliphatic carbocycles. The normalized spacial score (nSPS) is 17.3. The van der Waals surface area contributed by atoms with Crippen molar-refractivity contribution >= 4 is 35.8 Å². The molecule has 1 fully saturated rings. The Kier molecular flexibility index (Phi) is 10.5. The molecule has 27 heavy (non-hydrogen) atoms. The van der Waals surface area contributed by atoms with Gasteiger partial charge in [0.15, 0.2) is 12.6 Å². The predicted octanol–water partition coefficient (Wildman–Crippen LogP) is 1.66. The summed E-state index contributed by atoms with van der Waals surface area (Å²) in [5, 5.41) is 3.23. The van der Waals surface area contributed by atoms with E-state index in [-0.39, 0.29) is 36.5 Å². The summed E-state index contributed by atoms with van der Waals surface area (Å²) in [5.41, 5.74) is 6.98. The summed E-state index contributed by atoms with van der Waals surface area (Å²) in [6, 6.07) is 8.11. The quantitative estimate of drug-likeness (QED) is 0.330. The van der Waals surface area contributed by atoms with Crippen LogP contribution in [0.2, 0.25) is 0 Å². The van der Waals surface area contributed by atoms with E-state index in [1.807, 2.05) is 24.3 Å². The summed E-state index contributed by atoms with van der Waals surface area (Å²) in [4.78, 5) is 20.0. The van der Waals surface area contributed by atoms with Crippen molar-refractivity contribution in [1.29, 1.82) is 0 Å². The highest BCUT2D eigenvalue weighted by atomic mass is 127. The smallest absolute Gasteiger partial charge is 0.259 e. The Morgan fingerprint density at radius 1 is 1.44 bits per heavy atom. The van der Waals surface area contributed by atoms with Crippen LogP contribution in [-0.4, -0.2) is 68.0 Å². The van der Waals surface area contributed by atoms with Crippen molar-refractivity contribution in [3.05, 3.63) is 29.8 Å². The third-order valence-corrected chi connectivity index (χ3v) is 4.62. The number of aliphatic imine (C=N–C) groups is 1. The van der Waals surface area contributed by atoms with Gasteiger partial charge >= 0.3 is 0 Å². The van der Waals surface area contributed by atoms with Gasteiger partial charge in [-0.2, -0.15) is 0 Å². The highest BCUT2D eigenvalue weighted by molar-refractivity contribution is 14.0. The summed E-state index contributed by atoms with van der Waals surface area (Å²) in [7, 11) is 3.41. The summed E-state index contributed by atoms with van der Waals surface area (Å²) >= 11 is 0. The molecule has 0 bridgehead atoms. The number of guanidine groups is 1. The number of nitrogens with one attached hydrogen (secondary N) is 1. The lowest BCUT2D eigenvalue weighted by atomic mass is 10.2. The summed E-state index contributed by atoms with van der Waals surface area (Å²) in [5.74, 6) is 1.04. The van der Waals surface area contributed by atoms with Gasteiger partial charge in [-0.25, -0.2) is 4.99 Å². The van der Waals surface area contributed by atoms with Crippen LogP contribution < -0.4 is 15.8 Å². The Balaban J connectivity index is 0.00000364. The molecule has 1 atom stereocenters. The Morgan fingerprint density at radius 3 is 2.93 bits per heavy atom. The maximum atomic E-state index is 11.6. The lowest BCUT2D eigenvalue weighted by Gasteiger charge is -2.23. The van der Waals surface area contributed by atoms with Crippen molar-refractivity contribution in [2.24, 2.45) is 10.7 Å². The Bertz CT molecular complexity index is 624. The van der Waals surface area contributed by atoms with Crippen molar-refractivity contribution in [3.63, 3.8) is 0 Å². The Hall–Kier alpha value is -1.55. The monoisotopic (exact) mass is 489 g/mol. The lowest BCUT2D eigenvalue weighted by molar-refractivity contribution is -0.130. The lowest BCUT2D eigenvalue weighted by Crippen LogP contribution is -2.42. The third kappa shape index (κ3) is 7.92. The predicted molar refractivity (Wildman–Crippen MR) is 120 cm³/mol. The molecule has 152 valence electrons. The van der Waals surface area contributed by atoms with Gasteiger partial charge in [0.1, 0.15) is 5.75 Å². The van der Waals surface area contributed by atoms with E-state index in [1.165, 1.54) is 24.3 Å². The molecule has 7 nitrogen and oxygen atoms in total. The largest absolute Gasteiger partial charge is 0.484 e. The van der Waals surface area contributed by atoms with Crippen molar-refractivity contribution in [2.75, 3.05) is 40.3 Å². The van der Waals surface area contributed by atoms with E-state index >= 15 is 0 Å². The zero-order chi connectivity index (χ0) is 18.9. The summed E-state index contributed by atoms with van der Waals surface area (Å²) in [6.07, 6.45) is 2.46. The minimum Gasteiger partial charge on any atom is -0.484 e. The van der Waals surface area contributed by atoms with E-state index < -0.39 is 0 Å². The van der Waals surface area contributed by atoms with E-state index in [1.54, 1.807) is 14.1 Å². The first-order valence-electron chi connectivity index (χ1n) is 9.19. The van der Waals surface area contributed by atoms with Crippen LogP contribution in [0.15, 0.2) is 29.3 Å². The first kappa shape index (κ1) is 23.5. The topological polar surface area (TPSA) is 83.2 Å². The van der Waals surface area contributed by atoms with E-state index in [0.717, 1.165) is 18.7 Å². The Labute approximate surface area is 179 Å². The Morgan fingerprint density at radius 2 is 2.22 bits per heavy atom. The number of amides is 1. The number of rotatable bonds is 8. The second kappa shape index (κ2) is 12.0. The minimum atomic E-state index is -0.0742. The number of halogens is 1. The molecule has 0 aromatic heterocycles. The molecule has 2 rings (SSSR count). The molecular formula is C19H32IN5O2. The van der Waals surface area contributed by atoms with Crippen LogP contribution in [0.4, 0.5) is 0 Å². The third-order valence-electron chi connectivity index (χ3n) is 4.62. The second-order valence-electron chi connectivity index (χ2n) is 6.73. The number of ether oxygens (including phenoxy) is 1. The fourth-order valence-corrected chi connectivity index (χ4v) is 3.01. The fraction of sp³-hybridized carbons (Fsp3) is 0.579. The van der Waals surface area contributed by atoms with Crippen LogP contribution in [0.1, 0.15) is 25.3 Å². The van der Waals surface area contributed by atoms with E-state index in [0.29, 0.717) is 24.3 Å². The standard InChI is InChI=1S/C19H31N5O2.HI/c1-4-24-10-6-8-16(24)13-22-19(20)21-12-15-7-5-9-17(11-15)26-14-18(25)23(2)3;/h5,7,9,11,16H,4,6,8,10,12-14H2,1-3H3,(H3,20,21,22);1H.